The highest BCUT2D eigenvalue weighted by molar-refractivity contribution is 5.48. The van der Waals surface area contributed by atoms with Gasteiger partial charge in [-0.15, -0.1) is 0 Å². The van der Waals surface area contributed by atoms with Crippen LogP contribution in [0, 0.1) is 11.6 Å². The molecule has 0 atom stereocenters. The second kappa shape index (κ2) is 4.72. The third-order valence-electron chi connectivity index (χ3n) is 2.78. The van der Waals surface area contributed by atoms with Crippen molar-refractivity contribution >= 4 is 11.5 Å². The van der Waals surface area contributed by atoms with E-state index in [0.717, 1.165) is 18.2 Å². The van der Waals surface area contributed by atoms with Gasteiger partial charge >= 0.3 is 5.69 Å². The van der Waals surface area contributed by atoms with Crippen LogP contribution in [0.4, 0.5) is 14.6 Å². The van der Waals surface area contributed by atoms with Gasteiger partial charge in [-0.2, -0.15) is 5.10 Å². The van der Waals surface area contributed by atoms with Gasteiger partial charge in [0.2, 0.25) is 0 Å². The molecule has 0 radical (unpaired) electrons. The van der Waals surface area contributed by atoms with Crippen molar-refractivity contribution in [1.82, 2.24) is 19.6 Å². The molecule has 1 aromatic carbocycles. The number of nitrogens with zero attached hydrogens (tertiary/aromatic N) is 3. The van der Waals surface area contributed by atoms with Crippen molar-refractivity contribution in [2.24, 2.45) is 0 Å². The molecule has 0 amide bonds. The molecule has 2 aromatic heterocycles. The lowest BCUT2D eigenvalue weighted by molar-refractivity contribution is 0.587. The first kappa shape index (κ1) is 12.3. The Morgan fingerprint density at radius 1 is 1.30 bits per heavy atom. The van der Waals surface area contributed by atoms with Crippen LogP contribution < -0.4 is 11.0 Å². The lowest BCUT2D eigenvalue weighted by Gasteiger charge is -2.06. The summed E-state index contributed by atoms with van der Waals surface area (Å²) in [5.41, 5.74) is 0.175. The standard InChI is InChI=1S/C12H9F2N5O/c13-8-1-2-9(14)7(3-8)5-15-10-4-11-17-18-12(20)19(11)6-16-10/h1-4,6,15H,5H2,(H,18,20). The van der Waals surface area contributed by atoms with Crippen LogP contribution in [0.25, 0.3) is 5.65 Å². The number of H-pyrrole nitrogens is 1. The summed E-state index contributed by atoms with van der Waals surface area (Å²) in [5.74, 6) is -0.610. The molecular formula is C12H9F2N5O. The first-order chi connectivity index (χ1) is 9.63. The molecule has 0 aliphatic rings. The Bertz CT molecular complexity index is 826. The van der Waals surface area contributed by atoms with Gasteiger partial charge in [0.05, 0.1) is 0 Å². The highest BCUT2D eigenvalue weighted by atomic mass is 19.1. The number of hydrogen-bond donors (Lipinski definition) is 2. The van der Waals surface area contributed by atoms with Gasteiger partial charge in [-0.05, 0) is 18.2 Å². The van der Waals surface area contributed by atoms with Gasteiger partial charge in [0.15, 0.2) is 5.65 Å². The zero-order valence-electron chi connectivity index (χ0n) is 10.1. The molecule has 3 aromatic rings. The zero-order chi connectivity index (χ0) is 14.1. The van der Waals surface area contributed by atoms with Gasteiger partial charge in [0.1, 0.15) is 23.8 Å². The van der Waals surface area contributed by atoms with Gasteiger partial charge < -0.3 is 5.32 Å². The van der Waals surface area contributed by atoms with Gasteiger partial charge in [-0.3, -0.25) is 0 Å². The largest absolute Gasteiger partial charge is 0.366 e. The minimum atomic E-state index is -0.509. The number of nitrogens with one attached hydrogen (secondary N) is 2. The molecule has 2 N–H and O–H groups in total. The number of fused-ring (bicyclic) bond motifs is 1. The maximum atomic E-state index is 13.4. The molecule has 0 bridgehead atoms. The molecule has 0 aliphatic carbocycles. The summed E-state index contributed by atoms with van der Waals surface area (Å²) in [4.78, 5) is 15.2. The molecule has 0 saturated heterocycles. The maximum absolute atomic E-state index is 13.4. The predicted molar refractivity (Wildman–Crippen MR) is 67.3 cm³/mol. The second-order valence-corrected chi connectivity index (χ2v) is 4.12. The average Bonchev–Trinajstić information content (AvgIpc) is 2.81. The number of aromatic nitrogens is 4. The molecule has 0 spiro atoms. The van der Waals surface area contributed by atoms with Gasteiger partial charge in [0, 0.05) is 18.2 Å². The molecular weight excluding hydrogens is 268 g/mol. The summed E-state index contributed by atoms with van der Waals surface area (Å²) in [7, 11) is 0. The van der Waals surface area contributed by atoms with Crippen molar-refractivity contribution in [1.29, 1.82) is 0 Å². The van der Waals surface area contributed by atoms with Gasteiger partial charge in [-0.1, -0.05) is 0 Å². The molecule has 102 valence electrons. The minimum absolute atomic E-state index is 0.0709. The van der Waals surface area contributed by atoms with Crippen molar-refractivity contribution in [2.45, 2.75) is 6.54 Å². The SMILES string of the molecule is O=c1[nH]nc2cc(NCc3cc(F)ccc3F)ncn12. The molecule has 0 saturated carbocycles. The van der Waals surface area contributed by atoms with Gasteiger partial charge in [-0.25, -0.2) is 28.1 Å². The Kier molecular flexibility index (Phi) is 2.90. The molecule has 20 heavy (non-hydrogen) atoms. The molecule has 8 heteroatoms. The van der Waals surface area contributed by atoms with Crippen LogP contribution in [-0.4, -0.2) is 19.6 Å². The summed E-state index contributed by atoms with van der Waals surface area (Å²) in [5, 5.41) is 8.89. The van der Waals surface area contributed by atoms with E-state index in [4.69, 9.17) is 0 Å². The number of rotatable bonds is 3. The maximum Gasteiger partial charge on any atom is 0.348 e. The molecule has 0 aliphatic heterocycles. The minimum Gasteiger partial charge on any atom is -0.366 e. The molecule has 0 fully saturated rings. The zero-order valence-corrected chi connectivity index (χ0v) is 10.1. The fourth-order valence-electron chi connectivity index (χ4n) is 1.77. The normalized spacial score (nSPS) is 10.9. The molecule has 2 heterocycles. The summed E-state index contributed by atoms with van der Waals surface area (Å²) < 4.78 is 27.7. The van der Waals surface area contributed by atoms with E-state index in [1.807, 2.05) is 0 Å². The first-order valence-electron chi connectivity index (χ1n) is 5.74. The summed E-state index contributed by atoms with van der Waals surface area (Å²) in [6.07, 6.45) is 1.30. The van der Waals surface area contributed by atoms with Crippen molar-refractivity contribution in [2.75, 3.05) is 5.32 Å². The molecule has 6 nitrogen and oxygen atoms in total. The van der Waals surface area contributed by atoms with E-state index in [9.17, 15) is 13.6 Å². The quantitative estimate of drug-likeness (QED) is 0.757. The number of hydrogen-bond acceptors (Lipinski definition) is 4. The van der Waals surface area contributed by atoms with Crippen LogP contribution in [0.15, 0.2) is 35.4 Å². The second-order valence-electron chi connectivity index (χ2n) is 4.12. The summed E-state index contributed by atoms with van der Waals surface area (Å²) >= 11 is 0. The van der Waals surface area contributed by atoms with Crippen LogP contribution in [0.3, 0.4) is 0 Å². The highest BCUT2D eigenvalue weighted by Gasteiger charge is 2.06. The highest BCUT2D eigenvalue weighted by Crippen LogP contribution is 2.12. The lowest BCUT2D eigenvalue weighted by atomic mass is 10.2. The van der Waals surface area contributed by atoms with Crippen LogP contribution in [-0.2, 0) is 6.54 Å². The fourth-order valence-corrected chi connectivity index (χ4v) is 1.77. The Labute approximate surface area is 111 Å². The van der Waals surface area contributed by atoms with E-state index < -0.39 is 17.3 Å². The third-order valence-corrected chi connectivity index (χ3v) is 2.78. The number of halogens is 2. The van der Waals surface area contributed by atoms with E-state index in [1.54, 1.807) is 0 Å². The van der Waals surface area contributed by atoms with Crippen molar-refractivity contribution < 1.29 is 8.78 Å². The van der Waals surface area contributed by atoms with Crippen LogP contribution in [0.2, 0.25) is 0 Å². The van der Waals surface area contributed by atoms with E-state index in [0.29, 0.717) is 11.5 Å². The predicted octanol–water partition coefficient (Wildman–Crippen LogP) is 1.31. The van der Waals surface area contributed by atoms with E-state index >= 15 is 0 Å². The number of anilines is 1. The average molecular weight is 277 g/mol. The monoisotopic (exact) mass is 277 g/mol. The van der Waals surface area contributed by atoms with E-state index in [-0.39, 0.29) is 12.1 Å². The summed E-state index contributed by atoms with van der Waals surface area (Å²) in [6.45, 7) is 0.0709. The van der Waals surface area contributed by atoms with Crippen LogP contribution in [0.5, 0.6) is 0 Å². The third kappa shape index (κ3) is 2.22. The van der Waals surface area contributed by atoms with Gasteiger partial charge in [0.25, 0.3) is 0 Å². The molecule has 0 unspecified atom stereocenters. The van der Waals surface area contributed by atoms with E-state index in [2.05, 4.69) is 20.5 Å². The molecule has 3 rings (SSSR count). The lowest BCUT2D eigenvalue weighted by Crippen LogP contribution is -2.10. The smallest absolute Gasteiger partial charge is 0.348 e. The van der Waals surface area contributed by atoms with Crippen molar-refractivity contribution in [3.63, 3.8) is 0 Å². The van der Waals surface area contributed by atoms with E-state index in [1.165, 1.54) is 16.8 Å². The van der Waals surface area contributed by atoms with Crippen molar-refractivity contribution in [3.05, 3.63) is 58.3 Å². The Morgan fingerprint density at radius 3 is 3.00 bits per heavy atom. The number of aromatic amines is 1. The van der Waals surface area contributed by atoms with Crippen LogP contribution >= 0.6 is 0 Å². The Balaban J connectivity index is 1.83. The summed E-state index contributed by atoms with van der Waals surface area (Å²) in [6, 6.07) is 4.75. The Hall–Kier alpha value is -2.77. The first-order valence-corrected chi connectivity index (χ1v) is 5.74. The Morgan fingerprint density at radius 2 is 2.15 bits per heavy atom. The number of benzene rings is 1. The van der Waals surface area contributed by atoms with Crippen molar-refractivity contribution in [3.8, 4) is 0 Å². The van der Waals surface area contributed by atoms with Crippen LogP contribution in [0.1, 0.15) is 5.56 Å². The fraction of sp³-hybridized carbons (Fsp3) is 0.0833. The topological polar surface area (TPSA) is 75.1 Å².